The van der Waals surface area contributed by atoms with E-state index in [0.717, 1.165) is 11.1 Å². The maximum absolute atomic E-state index is 13.6. The molecule has 0 aliphatic rings. The third kappa shape index (κ3) is 6.90. The summed E-state index contributed by atoms with van der Waals surface area (Å²) in [6.07, 6.45) is 0.152. The summed E-state index contributed by atoms with van der Waals surface area (Å²) in [7, 11) is 1.54. The molecule has 5 nitrogen and oxygen atoms in total. The number of halogens is 1. The lowest BCUT2D eigenvalue weighted by Crippen LogP contribution is -2.33. The molecule has 27 heavy (non-hydrogen) atoms. The van der Waals surface area contributed by atoms with Crippen LogP contribution >= 0.6 is 0 Å². The van der Waals surface area contributed by atoms with E-state index in [2.05, 4.69) is 5.32 Å². The van der Waals surface area contributed by atoms with Crippen molar-refractivity contribution >= 4 is 6.09 Å². The highest BCUT2D eigenvalue weighted by molar-refractivity contribution is 5.71. The maximum Gasteiger partial charge on any atom is 0.407 e. The molecule has 0 aromatic heterocycles. The molecule has 0 bridgehead atoms. The number of benzene rings is 2. The summed E-state index contributed by atoms with van der Waals surface area (Å²) in [6, 6.07) is 12.0. The predicted octanol–water partition coefficient (Wildman–Crippen LogP) is 4.54. The predicted molar refractivity (Wildman–Crippen MR) is 102 cm³/mol. The SMILES string of the molecule is COCOc1ccc(CCNC(=O)OC(C)(C)C)cc1-c1cccc(F)c1. The van der Waals surface area contributed by atoms with Crippen molar-refractivity contribution in [1.82, 2.24) is 5.32 Å². The van der Waals surface area contributed by atoms with Crippen LogP contribution in [0.2, 0.25) is 0 Å². The molecule has 2 aromatic carbocycles. The molecule has 0 saturated heterocycles. The lowest BCUT2D eigenvalue weighted by molar-refractivity contribution is 0.0513. The smallest absolute Gasteiger partial charge is 0.407 e. The molecule has 2 aromatic rings. The number of hydrogen-bond donors (Lipinski definition) is 1. The van der Waals surface area contributed by atoms with Crippen LogP contribution in [0.15, 0.2) is 42.5 Å². The standard InChI is InChI=1S/C21H26FNO4/c1-21(2,3)27-20(24)23-11-10-15-8-9-19(26-14-25-4)18(12-15)16-6-5-7-17(22)13-16/h5-9,12-13H,10-11,14H2,1-4H3,(H,23,24). The second-order valence-electron chi connectivity index (χ2n) is 7.07. The monoisotopic (exact) mass is 375 g/mol. The van der Waals surface area contributed by atoms with Gasteiger partial charge in [-0.15, -0.1) is 0 Å². The van der Waals surface area contributed by atoms with E-state index in [9.17, 15) is 9.18 Å². The Morgan fingerprint density at radius 2 is 1.93 bits per heavy atom. The number of carbonyl (C=O) groups excluding carboxylic acids is 1. The quantitative estimate of drug-likeness (QED) is 0.722. The van der Waals surface area contributed by atoms with E-state index in [-0.39, 0.29) is 12.6 Å². The summed E-state index contributed by atoms with van der Waals surface area (Å²) in [4.78, 5) is 11.7. The molecule has 0 fully saturated rings. The largest absolute Gasteiger partial charge is 0.467 e. The van der Waals surface area contributed by atoms with Crippen molar-refractivity contribution in [2.75, 3.05) is 20.4 Å². The van der Waals surface area contributed by atoms with Gasteiger partial charge in [-0.3, -0.25) is 0 Å². The van der Waals surface area contributed by atoms with Gasteiger partial charge in [0.05, 0.1) is 0 Å². The second-order valence-corrected chi connectivity index (χ2v) is 7.07. The molecular formula is C21H26FNO4. The van der Waals surface area contributed by atoms with E-state index in [1.165, 1.54) is 12.1 Å². The van der Waals surface area contributed by atoms with Crippen LogP contribution in [-0.2, 0) is 15.9 Å². The van der Waals surface area contributed by atoms with Crippen LogP contribution in [0.4, 0.5) is 9.18 Å². The van der Waals surface area contributed by atoms with Gasteiger partial charge in [0, 0.05) is 19.2 Å². The van der Waals surface area contributed by atoms with Gasteiger partial charge in [0.1, 0.15) is 17.2 Å². The molecule has 1 amide bonds. The van der Waals surface area contributed by atoms with E-state index in [1.807, 2.05) is 45.0 Å². The Balaban J connectivity index is 2.12. The minimum Gasteiger partial charge on any atom is -0.467 e. The fraction of sp³-hybridized carbons (Fsp3) is 0.381. The highest BCUT2D eigenvalue weighted by Crippen LogP contribution is 2.31. The Bertz CT molecular complexity index is 771. The molecule has 0 unspecified atom stereocenters. The Hall–Kier alpha value is -2.60. The first-order valence-electron chi connectivity index (χ1n) is 8.76. The number of alkyl carbamates (subject to hydrolysis) is 1. The average molecular weight is 375 g/mol. The third-order valence-corrected chi connectivity index (χ3v) is 3.59. The Morgan fingerprint density at radius 3 is 2.59 bits per heavy atom. The number of amides is 1. The number of rotatable bonds is 7. The Morgan fingerprint density at radius 1 is 1.15 bits per heavy atom. The van der Waals surface area contributed by atoms with Crippen molar-refractivity contribution in [2.24, 2.45) is 0 Å². The lowest BCUT2D eigenvalue weighted by Gasteiger charge is -2.19. The van der Waals surface area contributed by atoms with Crippen LogP contribution in [0, 0.1) is 5.82 Å². The van der Waals surface area contributed by atoms with Crippen LogP contribution in [0.1, 0.15) is 26.3 Å². The van der Waals surface area contributed by atoms with Gasteiger partial charge in [-0.05, 0) is 62.6 Å². The van der Waals surface area contributed by atoms with E-state index in [4.69, 9.17) is 14.2 Å². The zero-order valence-corrected chi connectivity index (χ0v) is 16.2. The number of hydrogen-bond acceptors (Lipinski definition) is 4. The molecule has 2 rings (SSSR count). The van der Waals surface area contributed by atoms with Crippen molar-refractivity contribution in [3.8, 4) is 16.9 Å². The van der Waals surface area contributed by atoms with E-state index < -0.39 is 11.7 Å². The Labute approximate surface area is 159 Å². The third-order valence-electron chi connectivity index (χ3n) is 3.59. The van der Waals surface area contributed by atoms with Gasteiger partial charge in [-0.25, -0.2) is 9.18 Å². The number of methoxy groups -OCH3 is 1. The summed E-state index contributed by atoms with van der Waals surface area (Å²) >= 11 is 0. The maximum atomic E-state index is 13.6. The van der Waals surface area contributed by atoms with Crippen LogP contribution in [0.5, 0.6) is 5.75 Å². The van der Waals surface area contributed by atoms with Crippen molar-refractivity contribution < 1.29 is 23.4 Å². The first-order chi connectivity index (χ1) is 12.8. The molecule has 0 saturated carbocycles. The topological polar surface area (TPSA) is 56.8 Å². The van der Waals surface area contributed by atoms with E-state index in [1.54, 1.807) is 13.2 Å². The number of nitrogens with one attached hydrogen (secondary N) is 1. The van der Waals surface area contributed by atoms with Gasteiger partial charge in [-0.1, -0.05) is 18.2 Å². The molecule has 1 N–H and O–H groups in total. The van der Waals surface area contributed by atoms with E-state index >= 15 is 0 Å². The summed E-state index contributed by atoms with van der Waals surface area (Å²) in [6.45, 7) is 5.97. The Kier molecular flexibility index (Phi) is 7.19. The van der Waals surface area contributed by atoms with Crippen LogP contribution in [-0.4, -0.2) is 32.1 Å². The zero-order chi connectivity index (χ0) is 19.9. The first kappa shape index (κ1) is 20.7. The summed E-state index contributed by atoms with van der Waals surface area (Å²) in [5, 5.41) is 2.73. The number of carbonyl (C=O) groups is 1. The van der Waals surface area contributed by atoms with Crippen LogP contribution < -0.4 is 10.1 Å². The summed E-state index contributed by atoms with van der Waals surface area (Å²) in [5.41, 5.74) is 1.93. The molecule has 0 aliphatic carbocycles. The minimum absolute atomic E-state index is 0.0991. The van der Waals surface area contributed by atoms with Gasteiger partial charge < -0.3 is 19.5 Å². The zero-order valence-electron chi connectivity index (χ0n) is 16.2. The fourth-order valence-electron chi connectivity index (χ4n) is 2.49. The minimum atomic E-state index is -0.533. The van der Waals surface area contributed by atoms with Gasteiger partial charge in [0.15, 0.2) is 6.79 Å². The first-order valence-corrected chi connectivity index (χ1v) is 8.76. The van der Waals surface area contributed by atoms with Gasteiger partial charge in [0.25, 0.3) is 0 Å². The summed E-state index contributed by atoms with van der Waals surface area (Å²) < 4.78 is 29.4. The van der Waals surface area contributed by atoms with Crippen LogP contribution in [0.3, 0.4) is 0 Å². The fourth-order valence-corrected chi connectivity index (χ4v) is 2.49. The highest BCUT2D eigenvalue weighted by Gasteiger charge is 2.15. The lowest BCUT2D eigenvalue weighted by atomic mass is 10.0. The van der Waals surface area contributed by atoms with Crippen molar-refractivity contribution in [3.05, 3.63) is 53.8 Å². The molecule has 0 spiro atoms. The molecular weight excluding hydrogens is 349 g/mol. The molecule has 0 radical (unpaired) electrons. The highest BCUT2D eigenvalue weighted by atomic mass is 19.1. The molecule has 0 heterocycles. The average Bonchev–Trinajstić information content (AvgIpc) is 2.59. The van der Waals surface area contributed by atoms with Crippen molar-refractivity contribution in [1.29, 1.82) is 0 Å². The van der Waals surface area contributed by atoms with Gasteiger partial charge in [0.2, 0.25) is 0 Å². The molecule has 0 atom stereocenters. The van der Waals surface area contributed by atoms with Gasteiger partial charge in [-0.2, -0.15) is 0 Å². The van der Waals surface area contributed by atoms with Crippen LogP contribution in [0.25, 0.3) is 11.1 Å². The molecule has 0 aliphatic heterocycles. The number of ether oxygens (including phenoxy) is 3. The summed E-state index contributed by atoms with van der Waals surface area (Å²) in [5.74, 6) is 0.286. The normalized spacial score (nSPS) is 11.1. The van der Waals surface area contributed by atoms with Crippen molar-refractivity contribution in [3.63, 3.8) is 0 Å². The molecule has 146 valence electrons. The van der Waals surface area contributed by atoms with Crippen molar-refractivity contribution in [2.45, 2.75) is 32.8 Å². The van der Waals surface area contributed by atoms with E-state index in [0.29, 0.717) is 24.3 Å². The molecule has 6 heteroatoms. The van der Waals surface area contributed by atoms with Gasteiger partial charge >= 0.3 is 6.09 Å². The second kappa shape index (κ2) is 9.37.